The molecule has 1 atom stereocenters. The Bertz CT molecular complexity index is 779. The van der Waals surface area contributed by atoms with E-state index in [4.69, 9.17) is 5.21 Å². The summed E-state index contributed by atoms with van der Waals surface area (Å²) in [6.07, 6.45) is 5.40. The minimum atomic E-state index is -0.590. The van der Waals surface area contributed by atoms with Crippen molar-refractivity contribution in [3.63, 3.8) is 0 Å². The summed E-state index contributed by atoms with van der Waals surface area (Å²) in [5.74, 6) is 0.00343. The first-order valence-electron chi connectivity index (χ1n) is 8.44. The molecule has 1 aromatic heterocycles. The summed E-state index contributed by atoms with van der Waals surface area (Å²) in [6, 6.07) is 10.8. The van der Waals surface area contributed by atoms with Crippen LogP contribution in [0.25, 0.3) is 6.08 Å². The molecule has 1 aliphatic heterocycles. The van der Waals surface area contributed by atoms with Crippen LogP contribution in [-0.2, 0) is 11.3 Å². The number of anilines is 1. The first-order chi connectivity index (χ1) is 12.6. The van der Waals surface area contributed by atoms with E-state index < -0.39 is 5.91 Å². The average molecular weight is 356 g/mol. The maximum atomic E-state index is 13.8. The summed E-state index contributed by atoms with van der Waals surface area (Å²) >= 11 is 0. The fraction of sp³-hybridized carbons (Fsp3) is 0.263. The highest BCUT2D eigenvalue weighted by molar-refractivity contribution is 5.90. The van der Waals surface area contributed by atoms with Crippen molar-refractivity contribution in [2.45, 2.75) is 19.0 Å². The number of amides is 1. The lowest BCUT2D eigenvalue weighted by atomic mass is 10.2. The fourth-order valence-electron chi connectivity index (χ4n) is 2.97. The molecule has 1 aliphatic rings. The van der Waals surface area contributed by atoms with Gasteiger partial charge in [0.2, 0.25) is 0 Å². The van der Waals surface area contributed by atoms with Gasteiger partial charge in [0.15, 0.2) is 0 Å². The van der Waals surface area contributed by atoms with E-state index in [0.717, 1.165) is 30.9 Å². The predicted molar refractivity (Wildman–Crippen MR) is 96.9 cm³/mol. The number of hydrogen-bond donors (Lipinski definition) is 3. The van der Waals surface area contributed by atoms with E-state index >= 15 is 0 Å². The fourth-order valence-corrected chi connectivity index (χ4v) is 2.97. The molecule has 0 aliphatic carbocycles. The Kier molecular flexibility index (Phi) is 5.93. The number of nitrogens with zero attached hydrogens (tertiary/aromatic N) is 2. The predicted octanol–water partition coefficient (Wildman–Crippen LogP) is 2.43. The van der Waals surface area contributed by atoms with Crippen LogP contribution in [-0.4, -0.2) is 40.1 Å². The van der Waals surface area contributed by atoms with Gasteiger partial charge in [0.25, 0.3) is 5.91 Å². The van der Waals surface area contributed by atoms with Crippen molar-refractivity contribution >= 4 is 17.8 Å². The van der Waals surface area contributed by atoms with Crippen LogP contribution in [0.3, 0.4) is 0 Å². The normalized spacial score (nSPS) is 17.5. The number of benzene rings is 1. The second-order valence-electron chi connectivity index (χ2n) is 6.24. The van der Waals surface area contributed by atoms with Gasteiger partial charge in [0.1, 0.15) is 11.6 Å². The van der Waals surface area contributed by atoms with E-state index in [-0.39, 0.29) is 11.9 Å². The lowest BCUT2D eigenvalue weighted by molar-refractivity contribution is -0.124. The van der Waals surface area contributed by atoms with Crippen LogP contribution in [0, 0.1) is 5.82 Å². The molecule has 7 heteroatoms. The van der Waals surface area contributed by atoms with Crippen LogP contribution >= 0.6 is 0 Å². The van der Waals surface area contributed by atoms with Gasteiger partial charge in [-0.2, -0.15) is 0 Å². The lowest BCUT2D eigenvalue weighted by Crippen LogP contribution is -2.26. The van der Waals surface area contributed by atoms with E-state index in [1.54, 1.807) is 18.3 Å². The number of nitrogens with one attached hydrogen (secondary N) is 2. The van der Waals surface area contributed by atoms with Crippen LogP contribution in [0.2, 0.25) is 0 Å². The van der Waals surface area contributed by atoms with Crippen molar-refractivity contribution in [2.75, 3.05) is 18.4 Å². The Balaban J connectivity index is 1.51. The monoisotopic (exact) mass is 356 g/mol. The second-order valence-corrected chi connectivity index (χ2v) is 6.24. The highest BCUT2D eigenvalue weighted by Gasteiger charge is 2.23. The first-order valence-corrected chi connectivity index (χ1v) is 8.44. The van der Waals surface area contributed by atoms with Gasteiger partial charge in [-0.3, -0.25) is 14.9 Å². The van der Waals surface area contributed by atoms with Crippen molar-refractivity contribution in [1.29, 1.82) is 0 Å². The van der Waals surface area contributed by atoms with E-state index in [1.807, 2.05) is 24.3 Å². The molecule has 0 spiro atoms. The number of carbonyl (C=O) groups excluding carboxylic acids is 1. The highest BCUT2D eigenvalue weighted by Crippen LogP contribution is 2.18. The minimum Gasteiger partial charge on any atom is -0.366 e. The largest absolute Gasteiger partial charge is 0.366 e. The molecule has 1 saturated heterocycles. The number of hydrogen-bond acceptors (Lipinski definition) is 5. The number of pyridine rings is 1. The number of halogens is 1. The van der Waals surface area contributed by atoms with Gasteiger partial charge in [-0.05, 0) is 36.3 Å². The van der Waals surface area contributed by atoms with Crippen molar-refractivity contribution in [3.8, 4) is 0 Å². The third kappa shape index (κ3) is 4.87. The van der Waals surface area contributed by atoms with Gasteiger partial charge in [-0.1, -0.05) is 18.2 Å². The number of carbonyl (C=O) groups is 1. The Morgan fingerprint density at radius 1 is 1.35 bits per heavy atom. The molecule has 0 bridgehead atoms. The number of rotatable bonds is 6. The molecule has 2 heterocycles. The van der Waals surface area contributed by atoms with Crippen molar-refractivity contribution in [2.24, 2.45) is 0 Å². The van der Waals surface area contributed by atoms with Crippen molar-refractivity contribution in [3.05, 3.63) is 65.6 Å². The smallest absolute Gasteiger partial charge is 0.267 e. The molecule has 136 valence electrons. The van der Waals surface area contributed by atoms with Crippen molar-refractivity contribution < 1.29 is 14.4 Å². The number of hydroxylamine groups is 1. The quantitative estimate of drug-likeness (QED) is 0.421. The zero-order valence-corrected chi connectivity index (χ0v) is 14.2. The summed E-state index contributed by atoms with van der Waals surface area (Å²) in [5.41, 5.74) is 3.01. The third-order valence-electron chi connectivity index (χ3n) is 4.30. The molecule has 2 aromatic rings. The van der Waals surface area contributed by atoms with Gasteiger partial charge in [-0.15, -0.1) is 0 Å². The van der Waals surface area contributed by atoms with E-state index in [1.165, 1.54) is 17.6 Å². The topological polar surface area (TPSA) is 77.5 Å². The summed E-state index contributed by atoms with van der Waals surface area (Å²) in [4.78, 5) is 17.5. The zero-order valence-electron chi connectivity index (χ0n) is 14.2. The number of aromatic nitrogens is 1. The SMILES string of the molecule is O=C(/C=C/c1ccc(N[C@@H]2CCN(Cc3ccccc3F)C2)nc1)NO. The molecule has 1 fully saturated rings. The maximum absolute atomic E-state index is 13.8. The molecule has 1 aromatic carbocycles. The second kappa shape index (κ2) is 8.55. The van der Waals surface area contributed by atoms with Gasteiger partial charge >= 0.3 is 0 Å². The average Bonchev–Trinajstić information content (AvgIpc) is 3.09. The third-order valence-corrected chi connectivity index (χ3v) is 4.30. The molecule has 0 saturated carbocycles. The Labute approximate surface area is 151 Å². The maximum Gasteiger partial charge on any atom is 0.267 e. The van der Waals surface area contributed by atoms with Gasteiger partial charge in [0.05, 0.1) is 0 Å². The highest BCUT2D eigenvalue weighted by atomic mass is 19.1. The molecule has 3 rings (SSSR count). The van der Waals surface area contributed by atoms with E-state index in [9.17, 15) is 9.18 Å². The molecule has 1 amide bonds. The summed E-state index contributed by atoms with van der Waals surface area (Å²) in [7, 11) is 0. The molecule has 6 nitrogen and oxygen atoms in total. The minimum absolute atomic E-state index is 0.163. The van der Waals surface area contributed by atoms with Gasteiger partial charge in [0, 0.05) is 43.5 Å². The summed E-state index contributed by atoms with van der Waals surface area (Å²) in [6.45, 7) is 2.34. The van der Waals surface area contributed by atoms with E-state index in [2.05, 4.69) is 15.2 Å². The van der Waals surface area contributed by atoms with E-state index in [0.29, 0.717) is 12.1 Å². The van der Waals surface area contributed by atoms with Crippen LogP contribution in [0.4, 0.5) is 10.2 Å². The first kappa shape index (κ1) is 18.0. The zero-order chi connectivity index (χ0) is 18.4. The molecule has 26 heavy (non-hydrogen) atoms. The molecule has 0 unspecified atom stereocenters. The van der Waals surface area contributed by atoms with Crippen LogP contribution in [0.5, 0.6) is 0 Å². The van der Waals surface area contributed by atoms with Gasteiger partial charge in [-0.25, -0.2) is 14.9 Å². The van der Waals surface area contributed by atoms with Crippen LogP contribution < -0.4 is 10.8 Å². The van der Waals surface area contributed by atoms with Gasteiger partial charge < -0.3 is 5.32 Å². The molecular weight excluding hydrogens is 335 g/mol. The summed E-state index contributed by atoms with van der Waals surface area (Å²) in [5, 5.41) is 11.8. The van der Waals surface area contributed by atoms with Crippen LogP contribution in [0.15, 0.2) is 48.7 Å². The van der Waals surface area contributed by atoms with Crippen molar-refractivity contribution in [1.82, 2.24) is 15.4 Å². The Morgan fingerprint density at radius 3 is 2.92 bits per heavy atom. The molecule has 3 N–H and O–H groups in total. The molecule has 0 radical (unpaired) electrons. The lowest BCUT2D eigenvalue weighted by Gasteiger charge is -2.17. The summed E-state index contributed by atoms with van der Waals surface area (Å²) < 4.78 is 13.8. The molecular formula is C19H21FN4O2. The standard InChI is InChI=1S/C19H21FN4O2/c20-17-4-2-1-3-15(17)12-24-10-9-16(13-24)22-18-7-5-14(11-21-18)6-8-19(25)23-26/h1-8,11,16,26H,9-10,12-13H2,(H,21,22)(H,23,25)/b8-6+/t16-/m1/s1. The number of likely N-dealkylation sites (tertiary alicyclic amines) is 1. The Hall–Kier alpha value is -2.77. The van der Waals surface area contributed by atoms with Crippen LogP contribution in [0.1, 0.15) is 17.5 Å². The Morgan fingerprint density at radius 2 is 2.19 bits per heavy atom.